The van der Waals surface area contributed by atoms with Crippen molar-refractivity contribution >= 4 is 5.78 Å². The van der Waals surface area contributed by atoms with Crippen molar-refractivity contribution < 1.29 is 15.0 Å². The molecule has 0 amide bonds. The Hall–Kier alpha value is -1.27. The number of carbonyl (C=O) groups excluding carboxylic acids is 1. The van der Waals surface area contributed by atoms with E-state index in [0.29, 0.717) is 6.42 Å². The molecule has 0 saturated heterocycles. The van der Waals surface area contributed by atoms with Crippen molar-refractivity contribution in [2.24, 2.45) is 11.5 Å². The number of aliphatic hydroxyl groups is 2. The van der Waals surface area contributed by atoms with Gasteiger partial charge in [-0.25, -0.2) is 0 Å². The molecule has 0 radical (unpaired) electrons. The highest BCUT2D eigenvalue weighted by Gasteiger charge is 2.36. The zero-order valence-electron chi connectivity index (χ0n) is 10.2. The first-order valence-corrected chi connectivity index (χ1v) is 5.92. The van der Waals surface area contributed by atoms with Crippen LogP contribution < -0.4 is 11.5 Å². The number of nitrogens with two attached hydrogens (primary N) is 2. The largest absolute Gasteiger partial charge is 0.396 e. The van der Waals surface area contributed by atoms with Crippen LogP contribution in [0.1, 0.15) is 18.4 Å². The minimum Gasteiger partial charge on any atom is -0.396 e. The fourth-order valence-corrected chi connectivity index (χ4v) is 1.67. The lowest BCUT2D eigenvalue weighted by molar-refractivity contribution is -0.128. The normalized spacial score (nSPS) is 13.3. The first-order chi connectivity index (χ1) is 8.48. The van der Waals surface area contributed by atoms with Crippen molar-refractivity contribution in [1.29, 1.82) is 0 Å². The van der Waals surface area contributed by atoms with E-state index in [2.05, 4.69) is 0 Å². The molecule has 1 atom stereocenters. The van der Waals surface area contributed by atoms with Gasteiger partial charge in [0.25, 0.3) is 0 Å². The van der Waals surface area contributed by atoms with Crippen LogP contribution in [0, 0.1) is 0 Å². The van der Waals surface area contributed by atoms with Crippen molar-refractivity contribution in [2.45, 2.75) is 31.0 Å². The fraction of sp³-hybridized carbons (Fsp3) is 0.462. The van der Waals surface area contributed by atoms with E-state index in [1.165, 1.54) is 0 Å². The lowest BCUT2D eigenvalue weighted by Gasteiger charge is -2.28. The second-order valence-electron chi connectivity index (χ2n) is 4.37. The van der Waals surface area contributed by atoms with Gasteiger partial charge in [0.1, 0.15) is 0 Å². The van der Waals surface area contributed by atoms with E-state index in [9.17, 15) is 9.90 Å². The van der Waals surface area contributed by atoms with E-state index < -0.39 is 17.6 Å². The highest BCUT2D eigenvalue weighted by atomic mass is 16.3. The van der Waals surface area contributed by atoms with Crippen LogP contribution >= 0.6 is 0 Å². The van der Waals surface area contributed by atoms with Crippen LogP contribution in [0.2, 0.25) is 0 Å². The van der Waals surface area contributed by atoms with Crippen LogP contribution in [0.25, 0.3) is 0 Å². The molecule has 18 heavy (non-hydrogen) atoms. The Bertz CT molecular complexity index is 379. The number of Topliss-reactive ketones (excluding diaryl/α,β-unsaturated/α-hetero) is 1. The van der Waals surface area contributed by atoms with Gasteiger partial charge in [-0.15, -0.1) is 0 Å². The SMILES string of the molecule is NC(N)(C(=O)CCc1ccccc1)C(O)CCO. The standard InChI is InChI=1S/C13H20N2O3/c14-13(15,12(18)8-9-16)11(17)7-6-10-4-2-1-3-5-10/h1-5,12,16,18H,6-9,14-15H2. The first-order valence-electron chi connectivity index (χ1n) is 5.92. The average Bonchev–Trinajstić information content (AvgIpc) is 2.37. The maximum Gasteiger partial charge on any atom is 0.170 e. The molecule has 1 rings (SSSR count). The minimum atomic E-state index is -1.79. The Labute approximate surface area is 106 Å². The van der Waals surface area contributed by atoms with Gasteiger partial charge in [0.15, 0.2) is 11.4 Å². The number of benzene rings is 1. The van der Waals surface area contributed by atoms with Gasteiger partial charge in [-0.1, -0.05) is 30.3 Å². The molecule has 100 valence electrons. The molecular weight excluding hydrogens is 232 g/mol. The summed E-state index contributed by atoms with van der Waals surface area (Å²) in [5, 5.41) is 18.3. The Balaban J connectivity index is 2.54. The van der Waals surface area contributed by atoms with Crippen molar-refractivity contribution in [3.05, 3.63) is 35.9 Å². The second-order valence-corrected chi connectivity index (χ2v) is 4.37. The second kappa shape index (κ2) is 6.61. The number of hydrogen-bond acceptors (Lipinski definition) is 5. The van der Waals surface area contributed by atoms with Crippen molar-refractivity contribution in [3.63, 3.8) is 0 Å². The quantitative estimate of drug-likeness (QED) is 0.491. The summed E-state index contributed by atoms with van der Waals surface area (Å²) in [5.74, 6) is -0.410. The van der Waals surface area contributed by atoms with Gasteiger partial charge >= 0.3 is 0 Å². The highest BCUT2D eigenvalue weighted by molar-refractivity contribution is 5.88. The molecule has 0 saturated carbocycles. The number of rotatable bonds is 7. The third-order valence-electron chi connectivity index (χ3n) is 2.92. The molecule has 0 spiro atoms. The molecule has 0 aromatic heterocycles. The van der Waals surface area contributed by atoms with E-state index in [4.69, 9.17) is 16.6 Å². The van der Waals surface area contributed by atoms with Gasteiger partial charge in [-0.2, -0.15) is 0 Å². The Morgan fingerprint density at radius 1 is 1.28 bits per heavy atom. The molecule has 5 nitrogen and oxygen atoms in total. The molecule has 1 aromatic carbocycles. The number of aryl methyl sites for hydroxylation is 1. The van der Waals surface area contributed by atoms with Crippen molar-refractivity contribution in [3.8, 4) is 0 Å². The van der Waals surface area contributed by atoms with Crippen LogP contribution in [0.4, 0.5) is 0 Å². The third kappa shape index (κ3) is 3.89. The van der Waals surface area contributed by atoms with Crippen LogP contribution in [0.15, 0.2) is 30.3 Å². The smallest absolute Gasteiger partial charge is 0.170 e. The molecular formula is C13H20N2O3. The monoisotopic (exact) mass is 252 g/mol. The molecule has 0 aliphatic carbocycles. The lowest BCUT2D eigenvalue weighted by Crippen LogP contribution is -2.64. The summed E-state index contributed by atoms with van der Waals surface area (Å²) >= 11 is 0. The van der Waals surface area contributed by atoms with Gasteiger partial charge < -0.3 is 21.7 Å². The highest BCUT2D eigenvalue weighted by Crippen LogP contribution is 2.11. The van der Waals surface area contributed by atoms with E-state index in [1.807, 2.05) is 30.3 Å². The van der Waals surface area contributed by atoms with Crippen molar-refractivity contribution in [1.82, 2.24) is 0 Å². The summed E-state index contributed by atoms with van der Waals surface area (Å²) in [4.78, 5) is 11.9. The number of carbonyl (C=O) groups is 1. The Morgan fingerprint density at radius 3 is 2.44 bits per heavy atom. The number of aliphatic hydroxyl groups excluding tert-OH is 2. The summed E-state index contributed by atoms with van der Waals surface area (Å²) in [6.45, 7) is -0.261. The molecule has 6 N–H and O–H groups in total. The molecule has 0 heterocycles. The van der Waals surface area contributed by atoms with Crippen LogP contribution in [0.3, 0.4) is 0 Å². The summed E-state index contributed by atoms with van der Waals surface area (Å²) in [6.07, 6.45) is -0.545. The maximum absolute atomic E-state index is 11.9. The molecule has 5 heteroatoms. The first kappa shape index (κ1) is 14.8. The van der Waals surface area contributed by atoms with Gasteiger partial charge in [0.05, 0.1) is 6.10 Å². The van der Waals surface area contributed by atoms with Crippen LogP contribution in [0.5, 0.6) is 0 Å². The van der Waals surface area contributed by atoms with Gasteiger partial charge in [0, 0.05) is 13.0 Å². The Morgan fingerprint density at radius 2 is 1.89 bits per heavy atom. The summed E-state index contributed by atoms with van der Waals surface area (Å²) < 4.78 is 0. The molecule has 0 bridgehead atoms. The zero-order valence-corrected chi connectivity index (χ0v) is 10.2. The van der Waals surface area contributed by atoms with Gasteiger partial charge in [-0.3, -0.25) is 4.79 Å². The topological polar surface area (TPSA) is 110 Å². The van der Waals surface area contributed by atoms with Crippen molar-refractivity contribution in [2.75, 3.05) is 6.61 Å². The van der Waals surface area contributed by atoms with Crippen LogP contribution in [-0.4, -0.2) is 34.4 Å². The predicted octanol–water partition coefficient (Wildman–Crippen LogP) is -0.455. The van der Waals surface area contributed by atoms with E-state index in [1.54, 1.807) is 0 Å². The number of hydrogen-bond donors (Lipinski definition) is 4. The molecule has 0 aliphatic rings. The van der Waals surface area contributed by atoms with Crippen LogP contribution in [-0.2, 0) is 11.2 Å². The minimum absolute atomic E-state index is 0.00984. The predicted molar refractivity (Wildman–Crippen MR) is 68.6 cm³/mol. The van der Waals surface area contributed by atoms with E-state index >= 15 is 0 Å². The van der Waals surface area contributed by atoms with E-state index in [-0.39, 0.29) is 19.4 Å². The summed E-state index contributed by atoms with van der Waals surface area (Å²) in [7, 11) is 0. The Kier molecular flexibility index (Phi) is 5.43. The van der Waals surface area contributed by atoms with Gasteiger partial charge in [-0.05, 0) is 18.4 Å². The third-order valence-corrected chi connectivity index (χ3v) is 2.92. The van der Waals surface area contributed by atoms with E-state index in [0.717, 1.165) is 5.56 Å². The lowest BCUT2D eigenvalue weighted by atomic mass is 9.93. The maximum atomic E-state index is 11.9. The summed E-state index contributed by atoms with van der Waals surface area (Å²) in [6, 6.07) is 9.49. The summed E-state index contributed by atoms with van der Waals surface area (Å²) in [5.41, 5.74) is 10.5. The van der Waals surface area contributed by atoms with Gasteiger partial charge in [0.2, 0.25) is 0 Å². The zero-order chi connectivity index (χ0) is 13.6. The molecule has 1 unspecified atom stereocenters. The molecule has 0 fully saturated rings. The molecule has 0 aliphatic heterocycles. The average molecular weight is 252 g/mol. The molecule has 1 aromatic rings. The number of ketones is 1. The fourth-order valence-electron chi connectivity index (χ4n) is 1.67.